The fourth-order valence-electron chi connectivity index (χ4n) is 0.580. The van der Waals surface area contributed by atoms with E-state index in [1.54, 1.807) is 5.43 Å². The van der Waals surface area contributed by atoms with Crippen LogP contribution in [-0.2, 0) is 0 Å². The van der Waals surface area contributed by atoms with E-state index in [2.05, 4.69) is 4.42 Å². The lowest BCUT2D eigenvalue weighted by molar-refractivity contribution is 0.0899. The highest BCUT2D eigenvalue weighted by atomic mass is 16.4. The van der Waals surface area contributed by atoms with Crippen LogP contribution in [0.2, 0.25) is 0 Å². The van der Waals surface area contributed by atoms with E-state index < -0.39 is 12.0 Å². The normalized spacial score (nSPS) is 9.00. The summed E-state index contributed by atoms with van der Waals surface area (Å²) in [5.41, 5.74) is 3.59. The van der Waals surface area contributed by atoms with Crippen LogP contribution in [-0.4, -0.2) is 17.1 Å². The third-order valence-electron chi connectivity index (χ3n) is 1.03. The van der Waals surface area contributed by atoms with Crippen molar-refractivity contribution in [3.8, 4) is 0 Å². The molecule has 1 rings (SSSR count). The molecule has 0 aliphatic heterocycles. The van der Waals surface area contributed by atoms with Gasteiger partial charge in [-0.15, -0.1) is 0 Å². The second kappa shape index (κ2) is 3.42. The van der Waals surface area contributed by atoms with Crippen molar-refractivity contribution in [2.24, 2.45) is 0 Å². The summed E-state index contributed by atoms with van der Waals surface area (Å²) in [5.74, 6) is -0.592. The number of carboxylic acid groups (broad SMARTS) is 1. The highest BCUT2D eigenvalue weighted by Crippen LogP contribution is 1.97. The first kappa shape index (κ1) is 8.12. The Hall–Kier alpha value is -1.98. The van der Waals surface area contributed by atoms with Gasteiger partial charge in [-0.05, 0) is 12.1 Å². The van der Waals surface area contributed by atoms with Crippen molar-refractivity contribution in [2.45, 2.75) is 0 Å². The summed E-state index contributed by atoms with van der Waals surface area (Å²) in [6, 6.07) is 2.94. The molecule has 2 amide bonds. The van der Waals surface area contributed by atoms with Crippen molar-refractivity contribution in [3.05, 3.63) is 24.2 Å². The summed E-state index contributed by atoms with van der Waals surface area (Å²) in [4.78, 5) is 20.8. The van der Waals surface area contributed by atoms with Crippen LogP contribution < -0.4 is 10.9 Å². The number of carbonyl (C=O) groups excluding carboxylic acids is 1. The van der Waals surface area contributed by atoms with Gasteiger partial charge in [0.2, 0.25) is 0 Å². The highest BCUT2D eigenvalue weighted by molar-refractivity contribution is 5.92. The van der Waals surface area contributed by atoms with Crippen molar-refractivity contribution >= 4 is 12.0 Å². The summed E-state index contributed by atoms with van der Waals surface area (Å²) in [5, 5.41) is 8.10. The Morgan fingerprint density at radius 1 is 1.42 bits per heavy atom. The van der Waals surface area contributed by atoms with E-state index in [1.807, 2.05) is 5.43 Å². The smallest absolute Gasteiger partial charge is 0.423 e. The third-order valence-corrected chi connectivity index (χ3v) is 1.03. The molecule has 0 fully saturated rings. The zero-order chi connectivity index (χ0) is 8.97. The van der Waals surface area contributed by atoms with E-state index in [1.165, 1.54) is 18.4 Å². The molecule has 12 heavy (non-hydrogen) atoms. The molecular weight excluding hydrogens is 164 g/mol. The van der Waals surface area contributed by atoms with Gasteiger partial charge in [-0.2, -0.15) is 0 Å². The van der Waals surface area contributed by atoms with Gasteiger partial charge in [-0.25, -0.2) is 10.2 Å². The Balaban J connectivity index is 2.45. The number of amides is 2. The average Bonchev–Trinajstić information content (AvgIpc) is 2.51. The van der Waals surface area contributed by atoms with Gasteiger partial charge in [-0.1, -0.05) is 0 Å². The van der Waals surface area contributed by atoms with Gasteiger partial charge in [0.05, 0.1) is 6.26 Å². The second-order valence-electron chi connectivity index (χ2n) is 1.86. The zero-order valence-electron chi connectivity index (χ0n) is 5.90. The summed E-state index contributed by atoms with van der Waals surface area (Å²) < 4.78 is 4.68. The molecule has 0 radical (unpaired) electrons. The minimum absolute atomic E-state index is 0.0451. The zero-order valence-corrected chi connectivity index (χ0v) is 5.90. The fourth-order valence-corrected chi connectivity index (χ4v) is 0.580. The highest BCUT2D eigenvalue weighted by Gasteiger charge is 2.07. The molecule has 1 heterocycles. The molecular formula is C6H6N2O4. The second-order valence-corrected chi connectivity index (χ2v) is 1.86. The summed E-state index contributed by atoms with van der Waals surface area (Å²) >= 11 is 0. The first-order valence-corrected chi connectivity index (χ1v) is 3.03. The molecule has 1 aromatic heterocycles. The quantitative estimate of drug-likeness (QED) is 0.524. The molecule has 0 saturated carbocycles. The van der Waals surface area contributed by atoms with Crippen LogP contribution in [0.1, 0.15) is 10.6 Å². The summed E-state index contributed by atoms with van der Waals surface area (Å²) in [6.45, 7) is 0. The molecule has 0 aromatic carbocycles. The van der Waals surface area contributed by atoms with Crippen LogP contribution in [0, 0.1) is 0 Å². The maximum absolute atomic E-state index is 10.9. The van der Waals surface area contributed by atoms with Crippen molar-refractivity contribution in [1.29, 1.82) is 0 Å². The van der Waals surface area contributed by atoms with Crippen LogP contribution in [0.4, 0.5) is 4.79 Å². The standard InChI is InChI=1S/C6H6N2O4/c9-5(7-8-6(10)11)4-2-1-3-12-4/h1-3,8H,(H,7,9)(H,10,11). The number of nitrogens with one attached hydrogen (secondary N) is 2. The predicted octanol–water partition coefficient (Wildman–Crippen LogP) is 0.192. The van der Waals surface area contributed by atoms with E-state index in [-0.39, 0.29) is 5.76 Å². The lowest BCUT2D eigenvalue weighted by atomic mass is 10.4. The Bertz CT molecular complexity index is 280. The van der Waals surface area contributed by atoms with Crippen LogP contribution in [0.25, 0.3) is 0 Å². The van der Waals surface area contributed by atoms with Gasteiger partial charge in [0.25, 0.3) is 0 Å². The lowest BCUT2D eigenvalue weighted by Gasteiger charge is -1.99. The molecule has 64 valence electrons. The van der Waals surface area contributed by atoms with E-state index in [9.17, 15) is 9.59 Å². The SMILES string of the molecule is O=C(O)NNC(=O)c1ccco1. The Morgan fingerprint density at radius 3 is 2.67 bits per heavy atom. The average molecular weight is 170 g/mol. The topological polar surface area (TPSA) is 91.6 Å². The molecule has 0 saturated heterocycles. The first-order chi connectivity index (χ1) is 5.70. The van der Waals surface area contributed by atoms with Gasteiger partial charge in [0.1, 0.15) is 0 Å². The van der Waals surface area contributed by atoms with Crippen LogP contribution in [0.5, 0.6) is 0 Å². The Morgan fingerprint density at radius 2 is 2.17 bits per heavy atom. The molecule has 0 aliphatic rings. The van der Waals surface area contributed by atoms with E-state index in [4.69, 9.17) is 5.11 Å². The number of hydrogen-bond donors (Lipinski definition) is 3. The minimum atomic E-state index is -1.34. The molecule has 6 nitrogen and oxygen atoms in total. The number of hydrazine groups is 1. The maximum Gasteiger partial charge on any atom is 0.423 e. The molecule has 3 N–H and O–H groups in total. The van der Waals surface area contributed by atoms with Crippen molar-refractivity contribution in [3.63, 3.8) is 0 Å². The Labute approximate surface area is 67.1 Å². The first-order valence-electron chi connectivity index (χ1n) is 3.03. The predicted molar refractivity (Wildman–Crippen MR) is 37.3 cm³/mol. The number of furan rings is 1. The summed E-state index contributed by atoms with van der Waals surface area (Å²) in [6.07, 6.45) is -0.0229. The van der Waals surface area contributed by atoms with E-state index in [0.717, 1.165) is 0 Å². The van der Waals surface area contributed by atoms with Gasteiger partial charge in [-0.3, -0.25) is 10.2 Å². The summed E-state index contributed by atoms with van der Waals surface area (Å²) in [7, 11) is 0. The minimum Gasteiger partial charge on any atom is -0.464 e. The monoisotopic (exact) mass is 170 g/mol. The largest absolute Gasteiger partial charge is 0.464 e. The van der Waals surface area contributed by atoms with Crippen molar-refractivity contribution in [1.82, 2.24) is 10.9 Å². The fraction of sp³-hybridized carbons (Fsp3) is 0. The maximum atomic E-state index is 10.9. The van der Waals surface area contributed by atoms with Crippen molar-refractivity contribution < 1.29 is 19.1 Å². The molecule has 6 heteroatoms. The third kappa shape index (κ3) is 2.01. The van der Waals surface area contributed by atoms with Gasteiger partial charge >= 0.3 is 12.0 Å². The molecule has 0 aliphatic carbocycles. The van der Waals surface area contributed by atoms with E-state index >= 15 is 0 Å². The molecule has 0 bridgehead atoms. The number of carbonyl (C=O) groups is 2. The molecule has 1 aromatic rings. The van der Waals surface area contributed by atoms with Crippen LogP contribution in [0.3, 0.4) is 0 Å². The number of hydrogen-bond acceptors (Lipinski definition) is 3. The molecule has 0 spiro atoms. The van der Waals surface area contributed by atoms with Gasteiger partial charge in [0, 0.05) is 0 Å². The van der Waals surface area contributed by atoms with Crippen molar-refractivity contribution in [2.75, 3.05) is 0 Å². The van der Waals surface area contributed by atoms with E-state index in [0.29, 0.717) is 0 Å². The van der Waals surface area contributed by atoms with Crippen LogP contribution >= 0.6 is 0 Å². The molecule has 0 atom stereocenters. The lowest BCUT2D eigenvalue weighted by Crippen LogP contribution is -2.40. The molecule has 0 unspecified atom stereocenters. The number of rotatable bonds is 1. The van der Waals surface area contributed by atoms with Gasteiger partial charge < -0.3 is 9.52 Å². The Kier molecular flexibility index (Phi) is 2.32. The van der Waals surface area contributed by atoms with Crippen LogP contribution in [0.15, 0.2) is 22.8 Å². The van der Waals surface area contributed by atoms with Gasteiger partial charge in [0.15, 0.2) is 5.76 Å².